The van der Waals surface area contributed by atoms with Crippen molar-refractivity contribution < 1.29 is 9.45 Å². The van der Waals surface area contributed by atoms with E-state index in [1.165, 1.54) is 12.1 Å². The van der Waals surface area contributed by atoms with Gasteiger partial charge in [0.25, 0.3) is 0 Å². The molecule has 10 heavy (non-hydrogen) atoms. The first-order valence-electron chi connectivity index (χ1n) is 2.47. The van der Waals surface area contributed by atoms with Gasteiger partial charge in [-0.1, -0.05) is 11.7 Å². The maximum absolute atomic E-state index is 9.97. The van der Waals surface area contributed by atoms with Gasteiger partial charge in [-0.2, -0.15) is 0 Å². The third-order valence-electron chi connectivity index (χ3n) is 0.905. The van der Waals surface area contributed by atoms with Crippen LogP contribution in [0.25, 0.3) is 6.08 Å². The highest BCUT2D eigenvalue weighted by molar-refractivity contribution is 5.42. The minimum Gasteiger partial charge on any atom is -0.288 e. The average molecular weight is 140 g/mol. The molecule has 0 spiro atoms. The average Bonchev–Trinajstić information content (AvgIpc) is 2.34. The number of rotatable bonds is 2. The van der Waals surface area contributed by atoms with Crippen LogP contribution < -0.4 is 0 Å². The van der Waals surface area contributed by atoms with E-state index in [0.717, 1.165) is 0 Å². The summed E-state index contributed by atoms with van der Waals surface area (Å²) in [5.41, 5.74) is 0.367. The van der Waals surface area contributed by atoms with Crippen molar-refractivity contribution in [3.8, 4) is 0 Å². The van der Waals surface area contributed by atoms with Crippen molar-refractivity contribution in [2.75, 3.05) is 0 Å². The lowest BCUT2D eigenvalue weighted by Crippen LogP contribution is -1.82. The van der Waals surface area contributed by atoms with Gasteiger partial charge in [0.15, 0.2) is 0 Å². The highest BCUT2D eigenvalue weighted by Gasteiger charge is 2.11. The molecule has 0 aliphatic rings. The SMILES string of the molecule is C=Cc1cc([N+](=O)[O-])on1. The van der Waals surface area contributed by atoms with Crippen molar-refractivity contribution in [2.24, 2.45) is 0 Å². The largest absolute Gasteiger partial charge is 0.456 e. The van der Waals surface area contributed by atoms with Crippen LogP contribution in [0, 0.1) is 10.1 Å². The Morgan fingerprint density at radius 1 is 1.90 bits per heavy atom. The molecule has 0 unspecified atom stereocenters. The predicted octanol–water partition coefficient (Wildman–Crippen LogP) is 1.23. The molecule has 0 amide bonds. The normalized spacial score (nSPS) is 9.20. The molecule has 0 aliphatic carbocycles. The smallest absolute Gasteiger partial charge is 0.288 e. The third kappa shape index (κ3) is 1.02. The quantitative estimate of drug-likeness (QED) is 0.457. The zero-order chi connectivity index (χ0) is 7.56. The summed E-state index contributed by atoms with van der Waals surface area (Å²) in [5, 5.41) is 13.3. The van der Waals surface area contributed by atoms with Crippen molar-refractivity contribution in [2.45, 2.75) is 0 Å². The molecule has 0 aliphatic heterocycles. The summed E-state index contributed by atoms with van der Waals surface area (Å²) >= 11 is 0. The summed E-state index contributed by atoms with van der Waals surface area (Å²) in [6, 6.07) is 1.20. The van der Waals surface area contributed by atoms with Gasteiger partial charge in [0.2, 0.25) is 0 Å². The Morgan fingerprint density at radius 3 is 2.90 bits per heavy atom. The zero-order valence-corrected chi connectivity index (χ0v) is 4.98. The molecule has 0 saturated heterocycles. The van der Waals surface area contributed by atoms with Crippen LogP contribution in [0.1, 0.15) is 5.69 Å². The van der Waals surface area contributed by atoms with Crippen molar-refractivity contribution in [1.82, 2.24) is 5.16 Å². The molecular formula is C5H4N2O3. The lowest BCUT2D eigenvalue weighted by Gasteiger charge is -1.74. The van der Waals surface area contributed by atoms with Gasteiger partial charge in [0.1, 0.15) is 10.6 Å². The standard InChI is InChI=1S/C5H4N2O3/c1-2-4-3-5(7(8)9)10-6-4/h2-3H,1H2. The summed E-state index contributed by atoms with van der Waals surface area (Å²) < 4.78 is 4.30. The van der Waals surface area contributed by atoms with Gasteiger partial charge in [-0.05, 0) is 6.08 Å². The van der Waals surface area contributed by atoms with E-state index in [1.807, 2.05) is 0 Å². The Kier molecular flexibility index (Phi) is 1.49. The Labute approximate surface area is 56.1 Å². The highest BCUT2D eigenvalue weighted by atomic mass is 16.7. The highest BCUT2D eigenvalue weighted by Crippen LogP contribution is 2.11. The fourth-order valence-corrected chi connectivity index (χ4v) is 0.461. The monoisotopic (exact) mass is 140 g/mol. The molecule has 1 aromatic heterocycles. The van der Waals surface area contributed by atoms with Gasteiger partial charge in [-0.3, -0.25) is 14.6 Å². The molecule has 0 atom stereocenters. The van der Waals surface area contributed by atoms with Crippen LogP contribution in [-0.4, -0.2) is 10.1 Å². The van der Waals surface area contributed by atoms with Crippen LogP contribution in [0.4, 0.5) is 5.88 Å². The van der Waals surface area contributed by atoms with E-state index in [2.05, 4.69) is 16.3 Å². The lowest BCUT2D eigenvalue weighted by atomic mass is 10.4. The number of hydrogen-bond donors (Lipinski definition) is 0. The van der Waals surface area contributed by atoms with E-state index in [1.54, 1.807) is 0 Å². The number of aromatic nitrogens is 1. The maximum Gasteiger partial charge on any atom is 0.456 e. The Hall–Kier alpha value is -1.65. The topological polar surface area (TPSA) is 69.2 Å². The maximum atomic E-state index is 9.97. The summed E-state index contributed by atoms with van der Waals surface area (Å²) in [5.74, 6) is -0.366. The molecule has 5 nitrogen and oxygen atoms in total. The zero-order valence-electron chi connectivity index (χ0n) is 4.98. The molecule has 1 heterocycles. The minimum atomic E-state index is -0.653. The molecule has 0 aromatic carbocycles. The van der Waals surface area contributed by atoms with Gasteiger partial charge >= 0.3 is 5.88 Å². The number of hydrogen-bond acceptors (Lipinski definition) is 4. The van der Waals surface area contributed by atoms with Crippen molar-refractivity contribution in [3.63, 3.8) is 0 Å². The van der Waals surface area contributed by atoms with Crippen LogP contribution in [0.15, 0.2) is 17.2 Å². The van der Waals surface area contributed by atoms with Gasteiger partial charge in [-0.15, -0.1) is 0 Å². The van der Waals surface area contributed by atoms with E-state index in [-0.39, 0.29) is 5.88 Å². The molecule has 1 aromatic rings. The van der Waals surface area contributed by atoms with E-state index < -0.39 is 4.92 Å². The molecule has 52 valence electrons. The van der Waals surface area contributed by atoms with Crippen LogP contribution in [0.3, 0.4) is 0 Å². The molecule has 0 saturated carbocycles. The van der Waals surface area contributed by atoms with E-state index >= 15 is 0 Å². The Balaban J connectivity index is 2.98. The summed E-state index contributed by atoms with van der Waals surface area (Å²) in [7, 11) is 0. The first-order valence-corrected chi connectivity index (χ1v) is 2.47. The van der Waals surface area contributed by atoms with E-state index in [9.17, 15) is 10.1 Å². The van der Waals surface area contributed by atoms with Crippen molar-refractivity contribution in [1.29, 1.82) is 0 Å². The van der Waals surface area contributed by atoms with Gasteiger partial charge in [0.05, 0.1) is 6.07 Å². The van der Waals surface area contributed by atoms with Crippen LogP contribution >= 0.6 is 0 Å². The second-order valence-corrected chi connectivity index (χ2v) is 1.55. The molecule has 5 heteroatoms. The van der Waals surface area contributed by atoms with E-state index in [4.69, 9.17) is 0 Å². The first kappa shape index (κ1) is 6.47. The first-order chi connectivity index (χ1) is 4.74. The molecule has 0 radical (unpaired) electrons. The second-order valence-electron chi connectivity index (χ2n) is 1.55. The van der Waals surface area contributed by atoms with Gasteiger partial charge in [0, 0.05) is 0 Å². The van der Waals surface area contributed by atoms with Gasteiger partial charge < -0.3 is 0 Å². The summed E-state index contributed by atoms with van der Waals surface area (Å²) in [6.07, 6.45) is 1.37. The van der Waals surface area contributed by atoms with Crippen LogP contribution in [-0.2, 0) is 0 Å². The summed E-state index contributed by atoms with van der Waals surface area (Å²) in [4.78, 5) is 9.31. The third-order valence-corrected chi connectivity index (χ3v) is 0.905. The fourth-order valence-electron chi connectivity index (χ4n) is 0.461. The molecular weight excluding hydrogens is 136 g/mol. The number of nitrogens with zero attached hydrogens (tertiary/aromatic N) is 2. The molecule has 1 rings (SSSR count). The van der Waals surface area contributed by atoms with Crippen LogP contribution in [0.2, 0.25) is 0 Å². The fraction of sp³-hybridized carbons (Fsp3) is 0. The lowest BCUT2D eigenvalue weighted by molar-refractivity contribution is -0.404. The van der Waals surface area contributed by atoms with Gasteiger partial charge in [-0.25, -0.2) is 0 Å². The van der Waals surface area contributed by atoms with Crippen LogP contribution in [0.5, 0.6) is 0 Å². The molecule has 0 bridgehead atoms. The molecule has 0 N–H and O–H groups in total. The van der Waals surface area contributed by atoms with E-state index in [0.29, 0.717) is 5.69 Å². The Morgan fingerprint density at radius 2 is 2.60 bits per heavy atom. The van der Waals surface area contributed by atoms with Crippen molar-refractivity contribution in [3.05, 3.63) is 28.5 Å². The number of nitro groups is 1. The summed E-state index contributed by atoms with van der Waals surface area (Å²) in [6.45, 7) is 3.36. The predicted molar refractivity (Wildman–Crippen MR) is 33.2 cm³/mol. The molecule has 0 fully saturated rings. The minimum absolute atomic E-state index is 0.366. The Bertz CT molecular complexity index is 266. The second kappa shape index (κ2) is 2.30. The van der Waals surface area contributed by atoms with Crippen molar-refractivity contribution >= 4 is 12.0 Å².